The van der Waals surface area contributed by atoms with Crippen molar-refractivity contribution in [3.8, 4) is 0 Å². The molecule has 0 unspecified atom stereocenters. The van der Waals surface area contributed by atoms with E-state index in [0.717, 1.165) is 5.39 Å². The van der Waals surface area contributed by atoms with Crippen molar-refractivity contribution in [3.05, 3.63) is 35.8 Å². The first-order chi connectivity index (χ1) is 9.47. The molecular formula is C15H19FN2O2. The van der Waals surface area contributed by atoms with Gasteiger partial charge in [-0.2, -0.15) is 0 Å². The minimum atomic E-state index is -0.500. The van der Waals surface area contributed by atoms with E-state index in [2.05, 4.69) is 5.32 Å². The predicted molar refractivity (Wildman–Crippen MR) is 75.7 cm³/mol. The highest BCUT2D eigenvalue weighted by atomic mass is 19.1. The average Bonchev–Trinajstić information content (AvgIpc) is 2.79. The summed E-state index contributed by atoms with van der Waals surface area (Å²) in [6.07, 6.45) is 0.548. The maximum absolute atomic E-state index is 13.1. The first kappa shape index (κ1) is 14.5. The Kier molecular flexibility index (Phi) is 4.39. The van der Waals surface area contributed by atoms with Gasteiger partial charge in [-0.15, -0.1) is 0 Å². The summed E-state index contributed by atoms with van der Waals surface area (Å²) in [5, 5.41) is 3.50. The fourth-order valence-electron chi connectivity index (χ4n) is 1.92. The summed E-state index contributed by atoms with van der Waals surface area (Å²) in [5.74, 6) is 0.358. The highest BCUT2D eigenvalue weighted by Crippen LogP contribution is 2.20. The van der Waals surface area contributed by atoms with Gasteiger partial charge in [0.1, 0.15) is 17.2 Å². The molecule has 108 valence electrons. The van der Waals surface area contributed by atoms with Crippen molar-refractivity contribution < 1.29 is 13.6 Å². The molecule has 0 bridgehead atoms. The SMILES string of the molecule is CC(C)[C@H](N)C(=O)NCCc1cc2cc(F)ccc2o1. The van der Waals surface area contributed by atoms with E-state index < -0.39 is 6.04 Å². The number of hydrogen-bond acceptors (Lipinski definition) is 3. The molecular weight excluding hydrogens is 259 g/mol. The van der Waals surface area contributed by atoms with E-state index in [1.165, 1.54) is 12.1 Å². The molecule has 0 spiro atoms. The van der Waals surface area contributed by atoms with E-state index in [4.69, 9.17) is 10.2 Å². The summed E-state index contributed by atoms with van der Waals surface area (Å²) < 4.78 is 18.6. The van der Waals surface area contributed by atoms with Gasteiger partial charge in [0, 0.05) is 18.4 Å². The molecule has 0 radical (unpaired) electrons. The number of fused-ring (bicyclic) bond motifs is 1. The Labute approximate surface area is 117 Å². The lowest BCUT2D eigenvalue weighted by Crippen LogP contribution is -2.44. The zero-order valence-corrected chi connectivity index (χ0v) is 11.7. The van der Waals surface area contributed by atoms with Crippen LogP contribution in [0.25, 0.3) is 11.0 Å². The number of carbonyl (C=O) groups is 1. The van der Waals surface area contributed by atoms with E-state index >= 15 is 0 Å². The predicted octanol–water partition coefficient (Wildman–Crippen LogP) is 2.21. The Morgan fingerprint density at radius 1 is 1.40 bits per heavy atom. The molecule has 1 aromatic heterocycles. The third kappa shape index (κ3) is 3.36. The van der Waals surface area contributed by atoms with Crippen LogP contribution in [0.3, 0.4) is 0 Å². The number of hydrogen-bond donors (Lipinski definition) is 2. The highest BCUT2D eigenvalue weighted by molar-refractivity contribution is 5.81. The lowest BCUT2D eigenvalue weighted by atomic mass is 10.1. The van der Waals surface area contributed by atoms with Gasteiger partial charge in [-0.1, -0.05) is 13.8 Å². The van der Waals surface area contributed by atoms with Gasteiger partial charge in [0.25, 0.3) is 0 Å². The number of carbonyl (C=O) groups excluding carboxylic acids is 1. The highest BCUT2D eigenvalue weighted by Gasteiger charge is 2.16. The van der Waals surface area contributed by atoms with E-state index in [1.807, 2.05) is 13.8 Å². The number of rotatable bonds is 5. The van der Waals surface area contributed by atoms with Crippen molar-refractivity contribution in [3.63, 3.8) is 0 Å². The molecule has 1 heterocycles. The maximum atomic E-state index is 13.1. The Balaban J connectivity index is 1.91. The molecule has 0 aliphatic carbocycles. The van der Waals surface area contributed by atoms with E-state index in [0.29, 0.717) is 24.3 Å². The molecule has 3 N–H and O–H groups in total. The molecule has 0 aliphatic heterocycles. The molecule has 0 saturated heterocycles. The van der Waals surface area contributed by atoms with E-state index in [9.17, 15) is 9.18 Å². The summed E-state index contributed by atoms with van der Waals surface area (Å²) in [7, 11) is 0. The lowest BCUT2D eigenvalue weighted by Gasteiger charge is -2.14. The fourth-order valence-corrected chi connectivity index (χ4v) is 1.92. The van der Waals surface area contributed by atoms with Gasteiger partial charge in [0.05, 0.1) is 6.04 Å². The topological polar surface area (TPSA) is 68.3 Å². The standard InChI is InChI=1S/C15H19FN2O2/c1-9(2)14(17)15(19)18-6-5-12-8-10-7-11(16)3-4-13(10)20-12/h3-4,7-9,14H,5-6,17H2,1-2H3,(H,18,19)/t14-/m0/s1. The monoisotopic (exact) mass is 278 g/mol. The van der Waals surface area contributed by atoms with Gasteiger partial charge >= 0.3 is 0 Å². The zero-order chi connectivity index (χ0) is 14.7. The second-order valence-electron chi connectivity index (χ2n) is 5.21. The number of nitrogens with one attached hydrogen (secondary N) is 1. The average molecular weight is 278 g/mol. The third-order valence-corrected chi connectivity index (χ3v) is 3.22. The van der Waals surface area contributed by atoms with Crippen LogP contribution in [0.15, 0.2) is 28.7 Å². The van der Waals surface area contributed by atoms with Crippen molar-refractivity contribution >= 4 is 16.9 Å². The normalized spacial score (nSPS) is 12.8. The molecule has 0 aliphatic rings. The van der Waals surface area contributed by atoms with Crippen LogP contribution in [-0.4, -0.2) is 18.5 Å². The summed E-state index contributed by atoms with van der Waals surface area (Å²) >= 11 is 0. The van der Waals surface area contributed by atoms with E-state index in [1.54, 1.807) is 12.1 Å². The minimum absolute atomic E-state index is 0.101. The van der Waals surface area contributed by atoms with Crippen LogP contribution in [0.4, 0.5) is 4.39 Å². The largest absolute Gasteiger partial charge is 0.461 e. The smallest absolute Gasteiger partial charge is 0.237 e. The number of nitrogens with two attached hydrogens (primary N) is 1. The van der Waals surface area contributed by atoms with Crippen molar-refractivity contribution in [2.45, 2.75) is 26.3 Å². The molecule has 4 nitrogen and oxygen atoms in total. The van der Waals surface area contributed by atoms with Crippen LogP contribution in [0.1, 0.15) is 19.6 Å². The Hall–Kier alpha value is -1.88. The Morgan fingerprint density at radius 2 is 2.15 bits per heavy atom. The van der Waals surface area contributed by atoms with E-state index in [-0.39, 0.29) is 17.6 Å². The van der Waals surface area contributed by atoms with Gasteiger partial charge in [-0.05, 0) is 30.2 Å². The third-order valence-electron chi connectivity index (χ3n) is 3.22. The van der Waals surface area contributed by atoms with Gasteiger partial charge in [0.15, 0.2) is 0 Å². The number of amides is 1. The van der Waals surface area contributed by atoms with Crippen molar-refractivity contribution in [1.82, 2.24) is 5.32 Å². The van der Waals surface area contributed by atoms with Crippen molar-refractivity contribution in [2.24, 2.45) is 11.7 Å². The zero-order valence-electron chi connectivity index (χ0n) is 11.7. The van der Waals surface area contributed by atoms with Gasteiger partial charge in [0.2, 0.25) is 5.91 Å². The summed E-state index contributed by atoms with van der Waals surface area (Å²) in [6.45, 7) is 4.25. The molecule has 1 amide bonds. The van der Waals surface area contributed by atoms with Crippen molar-refractivity contribution in [2.75, 3.05) is 6.54 Å². The summed E-state index contributed by atoms with van der Waals surface area (Å²) in [6, 6.07) is 5.67. The quantitative estimate of drug-likeness (QED) is 0.881. The molecule has 20 heavy (non-hydrogen) atoms. The van der Waals surface area contributed by atoms with Gasteiger partial charge in [-0.25, -0.2) is 4.39 Å². The maximum Gasteiger partial charge on any atom is 0.237 e. The molecule has 0 fully saturated rings. The number of furan rings is 1. The molecule has 1 atom stereocenters. The minimum Gasteiger partial charge on any atom is -0.461 e. The lowest BCUT2D eigenvalue weighted by molar-refractivity contribution is -0.123. The first-order valence-corrected chi connectivity index (χ1v) is 6.68. The molecule has 2 aromatic rings. The molecule has 5 heteroatoms. The fraction of sp³-hybridized carbons (Fsp3) is 0.400. The first-order valence-electron chi connectivity index (χ1n) is 6.68. The second kappa shape index (κ2) is 6.05. The molecule has 1 aromatic carbocycles. The van der Waals surface area contributed by atoms with Crippen LogP contribution >= 0.6 is 0 Å². The van der Waals surface area contributed by atoms with Crippen LogP contribution in [0, 0.1) is 11.7 Å². The van der Waals surface area contributed by atoms with Gasteiger partial charge in [-0.3, -0.25) is 4.79 Å². The Bertz CT molecular complexity index is 607. The van der Waals surface area contributed by atoms with Crippen LogP contribution in [-0.2, 0) is 11.2 Å². The summed E-state index contributed by atoms with van der Waals surface area (Å²) in [4.78, 5) is 11.7. The second-order valence-corrected chi connectivity index (χ2v) is 5.21. The summed E-state index contributed by atoms with van der Waals surface area (Å²) in [5.41, 5.74) is 6.39. The molecule has 0 saturated carbocycles. The van der Waals surface area contributed by atoms with Crippen molar-refractivity contribution in [1.29, 1.82) is 0 Å². The van der Waals surface area contributed by atoms with Crippen LogP contribution in [0.5, 0.6) is 0 Å². The number of benzene rings is 1. The Morgan fingerprint density at radius 3 is 2.85 bits per heavy atom. The van der Waals surface area contributed by atoms with Gasteiger partial charge < -0.3 is 15.5 Å². The molecule has 2 rings (SSSR count). The van der Waals surface area contributed by atoms with Crippen LogP contribution in [0.2, 0.25) is 0 Å². The number of halogens is 1. The van der Waals surface area contributed by atoms with Crippen LogP contribution < -0.4 is 11.1 Å².